The summed E-state index contributed by atoms with van der Waals surface area (Å²) in [6, 6.07) is 12.3. The summed E-state index contributed by atoms with van der Waals surface area (Å²) >= 11 is 0. The number of hydrogen-bond acceptors (Lipinski definition) is 4. The molecule has 33 heavy (non-hydrogen) atoms. The van der Waals surface area contributed by atoms with Crippen molar-refractivity contribution in [1.82, 2.24) is 9.13 Å². The van der Waals surface area contributed by atoms with Gasteiger partial charge in [-0.2, -0.15) is 0 Å². The van der Waals surface area contributed by atoms with Crippen LogP contribution in [0.5, 0.6) is 11.5 Å². The van der Waals surface area contributed by atoms with Crippen molar-refractivity contribution in [1.29, 1.82) is 0 Å². The van der Waals surface area contributed by atoms with Gasteiger partial charge in [-0.05, 0) is 44.0 Å². The molecular formula is C27H28N2O4. The zero-order chi connectivity index (χ0) is 23.3. The molecule has 0 radical (unpaired) electrons. The molecule has 0 aliphatic carbocycles. The maximum absolute atomic E-state index is 13.5. The monoisotopic (exact) mass is 444 g/mol. The minimum absolute atomic E-state index is 0.306. The van der Waals surface area contributed by atoms with Gasteiger partial charge in [-0.3, -0.25) is 0 Å². The van der Waals surface area contributed by atoms with Crippen molar-refractivity contribution in [3.63, 3.8) is 0 Å². The van der Waals surface area contributed by atoms with Crippen LogP contribution in [-0.2, 0) is 24.8 Å². The van der Waals surface area contributed by atoms with Crippen LogP contribution in [0.3, 0.4) is 0 Å². The summed E-state index contributed by atoms with van der Waals surface area (Å²) < 4.78 is 21.1. The first-order valence-corrected chi connectivity index (χ1v) is 11.2. The normalized spacial score (nSPS) is 12.4. The first-order valence-electron chi connectivity index (χ1n) is 11.2. The maximum atomic E-state index is 13.5. The minimum atomic E-state index is -0.306. The number of aromatic nitrogens is 2. The number of benzene rings is 2. The molecule has 1 aliphatic heterocycles. The Labute approximate surface area is 193 Å². The molecule has 0 saturated heterocycles. The Hall–Kier alpha value is -3.67. The third-order valence-electron chi connectivity index (χ3n) is 6.64. The summed E-state index contributed by atoms with van der Waals surface area (Å²) in [6.45, 7) is 5.03. The molecule has 2 aromatic heterocycles. The summed E-state index contributed by atoms with van der Waals surface area (Å²) in [7, 11) is 5.31. The Morgan fingerprint density at radius 1 is 1.06 bits per heavy atom. The van der Waals surface area contributed by atoms with Crippen LogP contribution in [0.1, 0.15) is 28.5 Å². The highest BCUT2D eigenvalue weighted by Gasteiger charge is 2.33. The largest absolute Gasteiger partial charge is 0.493 e. The summed E-state index contributed by atoms with van der Waals surface area (Å²) in [5.74, 6) is 1.03. The van der Waals surface area contributed by atoms with Crippen molar-refractivity contribution >= 4 is 16.9 Å². The molecule has 3 heterocycles. The number of fused-ring (bicyclic) bond motifs is 4. The lowest BCUT2D eigenvalue weighted by atomic mass is 9.93. The van der Waals surface area contributed by atoms with Crippen molar-refractivity contribution in [2.75, 3.05) is 20.8 Å². The molecule has 0 unspecified atom stereocenters. The van der Waals surface area contributed by atoms with Gasteiger partial charge in [-0.1, -0.05) is 18.2 Å². The molecule has 0 bridgehead atoms. The number of nitrogens with zero attached hydrogens (tertiary/aromatic N) is 2. The van der Waals surface area contributed by atoms with Gasteiger partial charge in [-0.15, -0.1) is 0 Å². The van der Waals surface area contributed by atoms with E-state index in [1.165, 1.54) is 0 Å². The number of aryl methyl sites for hydroxylation is 2. The summed E-state index contributed by atoms with van der Waals surface area (Å²) in [5, 5.41) is 1.11. The number of ether oxygens (including phenoxy) is 3. The van der Waals surface area contributed by atoms with Crippen LogP contribution >= 0.6 is 0 Å². The van der Waals surface area contributed by atoms with Crippen LogP contribution in [0.15, 0.2) is 42.6 Å². The lowest BCUT2D eigenvalue weighted by molar-refractivity contribution is 0.0528. The van der Waals surface area contributed by atoms with Gasteiger partial charge in [0.1, 0.15) is 0 Å². The highest BCUT2D eigenvalue weighted by molar-refractivity contribution is 6.09. The quantitative estimate of drug-likeness (QED) is 0.388. The Morgan fingerprint density at radius 3 is 2.52 bits per heavy atom. The van der Waals surface area contributed by atoms with Crippen LogP contribution in [0.4, 0.5) is 0 Å². The molecule has 6 nitrogen and oxygen atoms in total. The van der Waals surface area contributed by atoms with Crippen molar-refractivity contribution < 1.29 is 19.0 Å². The molecule has 0 saturated carbocycles. The van der Waals surface area contributed by atoms with Crippen LogP contribution in [0.25, 0.3) is 33.3 Å². The van der Waals surface area contributed by atoms with E-state index in [0.29, 0.717) is 23.7 Å². The molecule has 0 fully saturated rings. The number of carbonyl (C=O) groups is 1. The molecule has 0 spiro atoms. The second kappa shape index (κ2) is 8.03. The van der Waals surface area contributed by atoms with Gasteiger partial charge in [-0.25, -0.2) is 4.79 Å². The molecule has 1 aliphatic rings. The van der Waals surface area contributed by atoms with E-state index in [1.54, 1.807) is 14.2 Å². The van der Waals surface area contributed by atoms with Crippen molar-refractivity contribution in [2.24, 2.45) is 7.05 Å². The van der Waals surface area contributed by atoms with Gasteiger partial charge in [0, 0.05) is 53.1 Å². The van der Waals surface area contributed by atoms with Gasteiger partial charge >= 0.3 is 5.97 Å². The molecule has 4 aromatic rings. The molecule has 0 amide bonds. The van der Waals surface area contributed by atoms with E-state index in [2.05, 4.69) is 34.4 Å². The smallest absolute Gasteiger partial charge is 0.340 e. The van der Waals surface area contributed by atoms with E-state index >= 15 is 0 Å². The molecule has 0 N–H and O–H groups in total. The number of hydrogen-bond donors (Lipinski definition) is 0. The Kier molecular flexibility index (Phi) is 5.16. The Bertz CT molecular complexity index is 1390. The Morgan fingerprint density at radius 2 is 1.79 bits per heavy atom. The van der Waals surface area contributed by atoms with E-state index in [9.17, 15) is 4.79 Å². The van der Waals surface area contributed by atoms with E-state index in [0.717, 1.165) is 57.5 Å². The lowest BCUT2D eigenvalue weighted by Crippen LogP contribution is -2.15. The van der Waals surface area contributed by atoms with E-state index in [-0.39, 0.29) is 5.97 Å². The van der Waals surface area contributed by atoms with Crippen LogP contribution in [0.2, 0.25) is 0 Å². The predicted molar refractivity (Wildman–Crippen MR) is 129 cm³/mol. The fourth-order valence-corrected chi connectivity index (χ4v) is 5.15. The molecule has 2 aromatic carbocycles. The molecule has 170 valence electrons. The topological polar surface area (TPSA) is 54.6 Å². The summed E-state index contributed by atoms with van der Waals surface area (Å²) in [4.78, 5) is 13.5. The summed E-state index contributed by atoms with van der Waals surface area (Å²) in [5.41, 5.74) is 7.77. The number of carbonyl (C=O) groups excluding carboxylic acids is 1. The number of esters is 1. The molecule has 6 heteroatoms. The van der Waals surface area contributed by atoms with Crippen LogP contribution < -0.4 is 9.47 Å². The van der Waals surface area contributed by atoms with Gasteiger partial charge in [0.2, 0.25) is 0 Å². The highest BCUT2D eigenvalue weighted by Crippen LogP contribution is 2.46. The first kappa shape index (κ1) is 21.2. The fourth-order valence-electron chi connectivity index (χ4n) is 5.15. The SMILES string of the molecule is CCOC(=O)c1c(-c2cn(C)c3ccccc23)c(C)n2c1-c1cc(OC)c(OC)cc1CC2. The molecular weight excluding hydrogens is 416 g/mol. The number of para-hydroxylation sites is 1. The number of methoxy groups -OCH3 is 2. The number of rotatable bonds is 5. The van der Waals surface area contributed by atoms with E-state index < -0.39 is 0 Å². The van der Waals surface area contributed by atoms with Gasteiger partial charge in [0.15, 0.2) is 11.5 Å². The second-order valence-electron chi connectivity index (χ2n) is 8.34. The third-order valence-corrected chi connectivity index (χ3v) is 6.64. The van der Waals surface area contributed by atoms with Gasteiger partial charge in [0.25, 0.3) is 0 Å². The maximum Gasteiger partial charge on any atom is 0.340 e. The third kappa shape index (κ3) is 3.12. The van der Waals surface area contributed by atoms with Gasteiger partial charge < -0.3 is 23.3 Å². The van der Waals surface area contributed by atoms with Crippen LogP contribution in [0, 0.1) is 6.92 Å². The zero-order valence-electron chi connectivity index (χ0n) is 19.7. The highest BCUT2D eigenvalue weighted by atomic mass is 16.5. The van der Waals surface area contributed by atoms with Crippen LogP contribution in [-0.4, -0.2) is 35.9 Å². The van der Waals surface area contributed by atoms with Crippen molar-refractivity contribution in [2.45, 2.75) is 26.8 Å². The average molecular weight is 445 g/mol. The first-order chi connectivity index (χ1) is 16.0. The van der Waals surface area contributed by atoms with Gasteiger partial charge in [0.05, 0.1) is 32.1 Å². The molecule has 5 rings (SSSR count). The average Bonchev–Trinajstić information content (AvgIpc) is 3.32. The fraction of sp³-hybridized carbons (Fsp3) is 0.296. The second-order valence-corrected chi connectivity index (χ2v) is 8.34. The van der Waals surface area contributed by atoms with Crippen molar-refractivity contribution in [3.05, 3.63) is 59.4 Å². The van der Waals surface area contributed by atoms with Crippen molar-refractivity contribution in [3.8, 4) is 33.9 Å². The Balaban J connectivity index is 1.86. The minimum Gasteiger partial charge on any atom is -0.493 e. The predicted octanol–water partition coefficient (Wildman–Crippen LogP) is 5.37. The standard InChI is InChI=1S/C27H28N2O4/c1-6-33-27(30)25-24(20-15-28(3)21-10-8-7-9-18(20)21)16(2)29-12-11-17-13-22(31-4)23(32-5)14-19(17)26(25)29/h7-10,13-15H,6,11-12H2,1-5H3. The zero-order valence-corrected chi connectivity index (χ0v) is 19.7. The lowest BCUT2D eigenvalue weighted by Gasteiger charge is -2.23. The van der Waals surface area contributed by atoms with E-state index in [4.69, 9.17) is 14.2 Å². The summed E-state index contributed by atoms with van der Waals surface area (Å²) in [6.07, 6.45) is 2.95. The molecule has 0 atom stereocenters. The van der Waals surface area contributed by atoms with E-state index in [1.807, 2.05) is 38.2 Å².